The minimum atomic E-state index is 0.628. The van der Waals surface area contributed by atoms with Crippen molar-refractivity contribution < 1.29 is 0 Å². The van der Waals surface area contributed by atoms with Crippen molar-refractivity contribution in [3.8, 4) is 5.69 Å². The molecule has 0 unspecified atom stereocenters. The van der Waals surface area contributed by atoms with Gasteiger partial charge in [0.15, 0.2) is 0 Å². The van der Waals surface area contributed by atoms with Crippen molar-refractivity contribution in [3.63, 3.8) is 0 Å². The molecule has 0 atom stereocenters. The summed E-state index contributed by atoms with van der Waals surface area (Å²) in [5, 5.41) is 8.69. The van der Waals surface area contributed by atoms with Crippen LogP contribution in [0.5, 0.6) is 0 Å². The van der Waals surface area contributed by atoms with Gasteiger partial charge in [-0.3, -0.25) is 0 Å². The molecule has 0 spiro atoms. The lowest BCUT2D eigenvalue weighted by Crippen LogP contribution is -2.06. The summed E-state index contributed by atoms with van der Waals surface area (Å²) < 4.78 is 1.72. The first kappa shape index (κ1) is 11.5. The Morgan fingerprint density at radius 1 is 1.31 bits per heavy atom. The molecular weight excluding hydrogens is 245 g/mol. The molecule has 0 aliphatic rings. The Hall–Kier alpha value is -1.03. The Morgan fingerprint density at radius 2 is 2.12 bits per heavy atom. The van der Waals surface area contributed by atoms with E-state index < -0.39 is 0 Å². The predicted octanol–water partition coefficient (Wildman–Crippen LogP) is 2.90. The summed E-state index contributed by atoms with van der Waals surface area (Å²) in [6.45, 7) is 0.727. The van der Waals surface area contributed by atoms with E-state index in [-0.39, 0.29) is 0 Å². The van der Waals surface area contributed by atoms with Crippen molar-refractivity contribution in [3.05, 3.63) is 46.2 Å². The van der Waals surface area contributed by atoms with Crippen molar-refractivity contribution in [1.82, 2.24) is 15.1 Å². The Morgan fingerprint density at radius 3 is 2.88 bits per heavy atom. The van der Waals surface area contributed by atoms with Gasteiger partial charge in [-0.1, -0.05) is 23.2 Å². The van der Waals surface area contributed by atoms with Crippen molar-refractivity contribution in [2.24, 2.45) is 0 Å². The molecule has 2 rings (SSSR count). The maximum atomic E-state index is 6.08. The minimum Gasteiger partial charge on any atom is -0.314 e. The third-order valence-corrected chi connectivity index (χ3v) is 2.71. The Bertz CT molecular complexity index is 494. The largest absolute Gasteiger partial charge is 0.314 e. The van der Waals surface area contributed by atoms with E-state index in [9.17, 15) is 0 Å². The maximum Gasteiger partial charge on any atom is 0.0846 e. The molecule has 0 amide bonds. The first-order valence-electron chi connectivity index (χ1n) is 4.85. The zero-order valence-electron chi connectivity index (χ0n) is 8.74. The fourth-order valence-electron chi connectivity index (χ4n) is 1.43. The molecule has 0 bridgehead atoms. The van der Waals surface area contributed by atoms with Crippen molar-refractivity contribution >= 4 is 23.2 Å². The summed E-state index contributed by atoms with van der Waals surface area (Å²) in [6, 6.07) is 7.25. The molecule has 1 heterocycles. The Balaban J connectivity index is 2.38. The summed E-state index contributed by atoms with van der Waals surface area (Å²) >= 11 is 12.0. The van der Waals surface area contributed by atoms with Crippen LogP contribution >= 0.6 is 23.2 Å². The molecule has 1 aromatic heterocycles. The first-order chi connectivity index (χ1) is 7.70. The molecule has 84 valence electrons. The van der Waals surface area contributed by atoms with E-state index in [1.165, 1.54) is 0 Å². The standard InChI is InChI=1S/C11H11Cl2N3/c1-14-7-9-4-5-16(15-9)11-6-8(12)2-3-10(11)13/h2-6,14H,7H2,1H3. The Labute approximate surface area is 104 Å². The van der Waals surface area contributed by atoms with Gasteiger partial charge in [-0.25, -0.2) is 4.68 Å². The number of rotatable bonds is 3. The average Bonchev–Trinajstić information content (AvgIpc) is 2.71. The molecule has 1 aromatic carbocycles. The van der Waals surface area contributed by atoms with E-state index >= 15 is 0 Å². The van der Waals surface area contributed by atoms with Crippen LogP contribution in [0.1, 0.15) is 5.69 Å². The molecule has 0 aliphatic heterocycles. The molecule has 0 saturated heterocycles. The number of hydrogen-bond donors (Lipinski definition) is 1. The van der Waals surface area contributed by atoms with Crippen LogP contribution in [-0.4, -0.2) is 16.8 Å². The molecule has 0 fully saturated rings. The van der Waals surface area contributed by atoms with Gasteiger partial charge in [0.2, 0.25) is 0 Å². The Kier molecular flexibility index (Phi) is 3.49. The lowest BCUT2D eigenvalue weighted by molar-refractivity contribution is 0.757. The van der Waals surface area contributed by atoms with Gasteiger partial charge in [0.25, 0.3) is 0 Å². The van der Waals surface area contributed by atoms with Crippen LogP contribution in [0.15, 0.2) is 30.5 Å². The average molecular weight is 256 g/mol. The number of nitrogens with zero attached hydrogens (tertiary/aromatic N) is 2. The molecule has 5 heteroatoms. The zero-order valence-corrected chi connectivity index (χ0v) is 10.3. The topological polar surface area (TPSA) is 29.9 Å². The van der Waals surface area contributed by atoms with Gasteiger partial charge in [-0.05, 0) is 31.3 Å². The molecular formula is C11H11Cl2N3. The van der Waals surface area contributed by atoms with Crippen LogP contribution < -0.4 is 5.32 Å². The highest BCUT2D eigenvalue weighted by molar-refractivity contribution is 6.34. The molecule has 0 aliphatic carbocycles. The minimum absolute atomic E-state index is 0.628. The summed E-state index contributed by atoms with van der Waals surface area (Å²) in [5.41, 5.74) is 1.75. The lowest BCUT2D eigenvalue weighted by Gasteiger charge is -2.04. The molecule has 2 aromatic rings. The maximum absolute atomic E-state index is 6.08. The van der Waals surface area contributed by atoms with Crippen molar-refractivity contribution in [2.45, 2.75) is 6.54 Å². The second-order valence-electron chi connectivity index (χ2n) is 3.38. The third kappa shape index (κ3) is 2.38. The van der Waals surface area contributed by atoms with Crippen LogP contribution in [0.25, 0.3) is 5.69 Å². The lowest BCUT2D eigenvalue weighted by atomic mass is 10.3. The second kappa shape index (κ2) is 4.87. The number of benzene rings is 1. The highest BCUT2D eigenvalue weighted by atomic mass is 35.5. The summed E-state index contributed by atoms with van der Waals surface area (Å²) in [4.78, 5) is 0. The second-order valence-corrected chi connectivity index (χ2v) is 4.22. The monoisotopic (exact) mass is 255 g/mol. The third-order valence-electron chi connectivity index (χ3n) is 2.16. The van der Waals surface area contributed by atoms with Crippen molar-refractivity contribution in [2.75, 3.05) is 7.05 Å². The molecule has 1 N–H and O–H groups in total. The summed E-state index contributed by atoms with van der Waals surface area (Å²) in [5.74, 6) is 0. The van der Waals surface area contributed by atoms with Crippen LogP contribution in [0, 0.1) is 0 Å². The molecule has 0 saturated carbocycles. The van der Waals surface area contributed by atoms with Gasteiger partial charge in [-0.2, -0.15) is 5.10 Å². The highest BCUT2D eigenvalue weighted by Gasteiger charge is 2.05. The highest BCUT2D eigenvalue weighted by Crippen LogP contribution is 2.23. The molecule has 16 heavy (non-hydrogen) atoms. The molecule has 0 radical (unpaired) electrons. The van der Waals surface area contributed by atoms with Gasteiger partial charge < -0.3 is 5.32 Å². The number of halogens is 2. The number of aromatic nitrogens is 2. The number of nitrogens with one attached hydrogen (secondary N) is 1. The normalized spacial score (nSPS) is 10.7. The van der Waals surface area contributed by atoms with Gasteiger partial charge in [0.1, 0.15) is 0 Å². The number of hydrogen-bond acceptors (Lipinski definition) is 2. The SMILES string of the molecule is CNCc1ccn(-c2cc(Cl)ccc2Cl)n1. The fraction of sp³-hybridized carbons (Fsp3) is 0.182. The van der Waals surface area contributed by atoms with E-state index in [4.69, 9.17) is 23.2 Å². The summed E-state index contributed by atoms with van der Waals surface area (Å²) in [6.07, 6.45) is 1.87. The van der Waals surface area contributed by atoms with Gasteiger partial charge in [0, 0.05) is 17.8 Å². The van der Waals surface area contributed by atoms with E-state index in [0.29, 0.717) is 10.0 Å². The fourth-order valence-corrected chi connectivity index (χ4v) is 1.80. The summed E-state index contributed by atoms with van der Waals surface area (Å²) in [7, 11) is 1.88. The predicted molar refractivity (Wildman–Crippen MR) is 66.3 cm³/mol. The van der Waals surface area contributed by atoms with Gasteiger partial charge >= 0.3 is 0 Å². The van der Waals surface area contributed by atoms with E-state index in [2.05, 4.69) is 10.4 Å². The quantitative estimate of drug-likeness (QED) is 0.915. The first-order valence-corrected chi connectivity index (χ1v) is 5.61. The van der Waals surface area contributed by atoms with E-state index in [1.807, 2.05) is 19.3 Å². The van der Waals surface area contributed by atoms with Crippen LogP contribution in [0.4, 0.5) is 0 Å². The molecule has 3 nitrogen and oxygen atoms in total. The van der Waals surface area contributed by atoms with Crippen LogP contribution in [0.3, 0.4) is 0 Å². The van der Waals surface area contributed by atoms with E-state index in [1.54, 1.807) is 22.9 Å². The van der Waals surface area contributed by atoms with Crippen molar-refractivity contribution in [1.29, 1.82) is 0 Å². The smallest absolute Gasteiger partial charge is 0.0846 e. The van der Waals surface area contributed by atoms with E-state index in [0.717, 1.165) is 17.9 Å². The zero-order chi connectivity index (χ0) is 11.5. The van der Waals surface area contributed by atoms with Gasteiger partial charge in [0.05, 0.1) is 16.4 Å². The van der Waals surface area contributed by atoms with Gasteiger partial charge in [-0.15, -0.1) is 0 Å². The van der Waals surface area contributed by atoms with Crippen LogP contribution in [0.2, 0.25) is 10.0 Å². The van der Waals surface area contributed by atoms with Crippen LogP contribution in [-0.2, 0) is 6.54 Å².